The molecule has 1 heterocycles. The van der Waals surface area contributed by atoms with Gasteiger partial charge in [-0.2, -0.15) is 0 Å². The number of aryl methyl sites for hydroxylation is 1. The molecule has 3 nitrogen and oxygen atoms in total. The molecule has 1 aromatic heterocycles. The largest absolute Gasteiger partial charge is 0.271 e. The molecule has 18 heavy (non-hydrogen) atoms. The predicted molar refractivity (Wildman–Crippen MR) is 74.3 cm³/mol. The van der Waals surface area contributed by atoms with Gasteiger partial charge in [-0.1, -0.05) is 23.7 Å². The monoisotopic (exact) mass is 261 g/mol. The Morgan fingerprint density at radius 3 is 2.67 bits per heavy atom. The van der Waals surface area contributed by atoms with Crippen LogP contribution in [0.5, 0.6) is 0 Å². The molecule has 0 spiro atoms. The van der Waals surface area contributed by atoms with Crippen LogP contribution in [0.2, 0.25) is 5.02 Å². The van der Waals surface area contributed by atoms with Gasteiger partial charge in [-0.3, -0.25) is 10.8 Å². The quantitative estimate of drug-likeness (QED) is 0.660. The Kier molecular flexibility index (Phi) is 3.97. The maximum Gasteiger partial charge on any atom is 0.0730 e. The number of pyridine rings is 1. The van der Waals surface area contributed by atoms with Crippen LogP contribution in [0.15, 0.2) is 36.7 Å². The minimum absolute atomic E-state index is 0.0996. The Hall–Kier alpha value is -1.42. The fourth-order valence-electron chi connectivity index (χ4n) is 2.06. The lowest BCUT2D eigenvalue weighted by Crippen LogP contribution is -2.30. The zero-order valence-corrected chi connectivity index (χ0v) is 11.2. The van der Waals surface area contributed by atoms with Crippen LogP contribution in [0.4, 0.5) is 0 Å². The molecule has 0 saturated carbocycles. The van der Waals surface area contributed by atoms with Gasteiger partial charge in [-0.25, -0.2) is 5.43 Å². The second-order valence-corrected chi connectivity index (χ2v) is 4.69. The topological polar surface area (TPSA) is 50.9 Å². The van der Waals surface area contributed by atoms with Gasteiger partial charge in [0.25, 0.3) is 0 Å². The lowest BCUT2D eigenvalue weighted by Gasteiger charge is -2.21. The highest BCUT2D eigenvalue weighted by Crippen LogP contribution is 2.29. The third-order valence-electron chi connectivity index (χ3n) is 3.18. The molecule has 4 heteroatoms. The smallest absolute Gasteiger partial charge is 0.0730 e. The van der Waals surface area contributed by atoms with Crippen LogP contribution in [0.3, 0.4) is 0 Å². The van der Waals surface area contributed by atoms with Crippen LogP contribution >= 0.6 is 11.6 Å². The number of hydrazine groups is 1. The molecule has 2 aromatic rings. The molecule has 2 rings (SSSR count). The van der Waals surface area contributed by atoms with Crippen molar-refractivity contribution < 1.29 is 0 Å². The third kappa shape index (κ3) is 2.38. The summed E-state index contributed by atoms with van der Waals surface area (Å²) in [6.45, 7) is 4.04. The molecule has 94 valence electrons. The van der Waals surface area contributed by atoms with Gasteiger partial charge in [0.2, 0.25) is 0 Å². The van der Waals surface area contributed by atoms with E-state index in [-0.39, 0.29) is 6.04 Å². The Balaban J connectivity index is 2.53. The molecule has 1 unspecified atom stereocenters. The summed E-state index contributed by atoms with van der Waals surface area (Å²) in [5, 5.41) is 0.745. The Labute approximate surface area is 112 Å². The number of nitrogens with zero attached hydrogens (tertiary/aromatic N) is 1. The van der Waals surface area contributed by atoms with Crippen LogP contribution in [-0.4, -0.2) is 4.98 Å². The van der Waals surface area contributed by atoms with Crippen molar-refractivity contribution in [3.8, 4) is 0 Å². The van der Waals surface area contributed by atoms with E-state index in [2.05, 4.69) is 10.4 Å². The average molecular weight is 262 g/mol. The maximum absolute atomic E-state index is 6.16. The number of hydrogen-bond acceptors (Lipinski definition) is 3. The number of rotatable bonds is 3. The van der Waals surface area contributed by atoms with Gasteiger partial charge in [0.05, 0.1) is 6.04 Å². The first-order valence-corrected chi connectivity index (χ1v) is 6.14. The molecule has 3 N–H and O–H groups in total. The van der Waals surface area contributed by atoms with Gasteiger partial charge in [0, 0.05) is 17.4 Å². The molecule has 0 saturated heterocycles. The lowest BCUT2D eigenvalue weighted by molar-refractivity contribution is 0.628. The zero-order chi connectivity index (χ0) is 13.1. The van der Waals surface area contributed by atoms with Gasteiger partial charge >= 0.3 is 0 Å². The van der Waals surface area contributed by atoms with Crippen molar-refractivity contribution in [2.75, 3.05) is 0 Å². The van der Waals surface area contributed by atoms with Gasteiger partial charge in [-0.15, -0.1) is 0 Å². The van der Waals surface area contributed by atoms with E-state index in [1.165, 1.54) is 0 Å². The van der Waals surface area contributed by atoms with E-state index in [1.54, 1.807) is 6.20 Å². The first-order valence-electron chi connectivity index (χ1n) is 5.76. The van der Waals surface area contributed by atoms with Gasteiger partial charge < -0.3 is 0 Å². The minimum atomic E-state index is -0.0996. The highest BCUT2D eigenvalue weighted by molar-refractivity contribution is 6.31. The fourth-order valence-corrected chi connectivity index (χ4v) is 2.24. The van der Waals surface area contributed by atoms with Crippen molar-refractivity contribution in [1.82, 2.24) is 10.4 Å². The molecular formula is C14H16ClN3. The summed E-state index contributed by atoms with van der Waals surface area (Å²) < 4.78 is 0. The Bertz CT molecular complexity index is 554. The number of nitrogens with two attached hydrogens (primary N) is 1. The summed E-state index contributed by atoms with van der Waals surface area (Å²) in [6.07, 6.45) is 3.61. The SMILES string of the molecule is Cc1ccncc1C(NN)c1cccc(Cl)c1C. The number of halogens is 1. The second-order valence-electron chi connectivity index (χ2n) is 4.29. The van der Waals surface area contributed by atoms with Crippen molar-refractivity contribution >= 4 is 11.6 Å². The standard InChI is InChI=1S/C14H16ClN3/c1-9-6-7-17-8-12(9)14(18-16)11-4-3-5-13(15)10(11)2/h3-8,14,18H,16H2,1-2H3. The van der Waals surface area contributed by atoms with Crippen molar-refractivity contribution in [2.45, 2.75) is 19.9 Å². The third-order valence-corrected chi connectivity index (χ3v) is 3.59. The van der Waals surface area contributed by atoms with Crippen LogP contribution in [-0.2, 0) is 0 Å². The van der Waals surface area contributed by atoms with Crippen LogP contribution < -0.4 is 11.3 Å². The van der Waals surface area contributed by atoms with Crippen molar-refractivity contribution in [3.63, 3.8) is 0 Å². The zero-order valence-electron chi connectivity index (χ0n) is 10.4. The van der Waals surface area contributed by atoms with E-state index >= 15 is 0 Å². The van der Waals surface area contributed by atoms with E-state index in [9.17, 15) is 0 Å². The summed E-state index contributed by atoms with van der Waals surface area (Å²) in [5.74, 6) is 5.70. The highest BCUT2D eigenvalue weighted by Gasteiger charge is 2.17. The summed E-state index contributed by atoms with van der Waals surface area (Å²) in [7, 11) is 0. The number of benzene rings is 1. The molecule has 0 radical (unpaired) electrons. The summed E-state index contributed by atoms with van der Waals surface area (Å²) in [4.78, 5) is 4.16. The van der Waals surface area contributed by atoms with Crippen molar-refractivity contribution in [3.05, 3.63) is 63.9 Å². The summed E-state index contributed by atoms with van der Waals surface area (Å²) in [5.41, 5.74) is 7.15. The molecular weight excluding hydrogens is 246 g/mol. The van der Waals surface area contributed by atoms with Crippen molar-refractivity contribution in [2.24, 2.45) is 5.84 Å². The molecule has 1 atom stereocenters. The Morgan fingerprint density at radius 1 is 1.22 bits per heavy atom. The molecule has 0 amide bonds. The molecule has 1 aromatic carbocycles. The van der Waals surface area contributed by atoms with E-state index in [1.807, 2.05) is 44.3 Å². The number of hydrogen-bond donors (Lipinski definition) is 2. The second kappa shape index (κ2) is 5.48. The van der Waals surface area contributed by atoms with Gasteiger partial charge in [-0.05, 0) is 48.2 Å². The van der Waals surface area contributed by atoms with E-state index in [0.717, 1.165) is 27.3 Å². The first kappa shape index (κ1) is 13.0. The first-order chi connectivity index (χ1) is 8.65. The van der Waals surface area contributed by atoms with Crippen LogP contribution in [0.25, 0.3) is 0 Å². The van der Waals surface area contributed by atoms with Gasteiger partial charge in [0.15, 0.2) is 0 Å². The van der Waals surface area contributed by atoms with Crippen molar-refractivity contribution in [1.29, 1.82) is 0 Å². The predicted octanol–water partition coefficient (Wildman–Crippen LogP) is 2.90. The Morgan fingerprint density at radius 2 is 2.00 bits per heavy atom. The summed E-state index contributed by atoms with van der Waals surface area (Å²) in [6, 6.07) is 7.71. The lowest BCUT2D eigenvalue weighted by atomic mass is 9.94. The van der Waals surface area contributed by atoms with E-state index < -0.39 is 0 Å². The fraction of sp³-hybridized carbons (Fsp3) is 0.214. The molecule has 0 aliphatic carbocycles. The minimum Gasteiger partial charge on any atom is -0.271 e. The molecule has 0 aliphatic heterocycles. The van der Waals surface area contributed by atoms with E-state index in [4.69, 9.17) is 17.4 Å². The maximum atomic E-state index is 6.16. The number of nitrogens with one attached hydrogen (secondary N) is 1. The molecule has 0 fully saturated rings. The molecule has 0 bridgehead atoms. The molecule has 0 aliphatic rings. The van der Waals surface area contributed by atoms with Crippen LogP contribution in [0.1, 0.15) is 28.3 Å². The normalized spacial score (nSPS) is 12.4. The van der Waals surface area contributed by atoms with Gasteiger partial charge in [0.1, 0.15) is 0 Å². The summed E-state index contributed by atoms with van der Waals surface area (Å²) >= 11 is 6.16. The number of aromatic nitrogens is 1. The average Bonchev–Trinajstić information content (AvgIpc) is 2.37. The van der Waals surface area contributed by atoms with Crippen LogP contribution in [0, 0.1) is 13.8 Å². The highest BCUT2D eigenvalue weighted by atomic mass is 35.5. The van der Waals surface area contributed by atoms with E-state index in [0.29, 0.717) is 0 Å².